The van der Waals surface area contributed by atoms with Crippen LogP contribution in [-0.2, 0) is 0 Å². The highest BCUT2D eigenvalue weighted by Crippen LogP contribution is 2.41. The van der Waals surface area contributed by atoms with Gasteiger partial charge in [-0.15, -0.1) is 0 Å². The van der Waals surface area contributed by atoms with Crippen LogP contribution in [0.1, 0.15) is 22.3 Å². The number of aryl methyl sites for hydroxylation is 4. The van der Waals surface area contributed by atoms with Gasteiger partial charge in [-0.25, -0.2) is 9.97 Å². The van der Waals surface area contributed by atoms with Crippen LogP contribution in [0.5, 0.6) is 0 Å². The lowest BCUT2D eigenvalue weighted by molar-refractivity contribution is 1.14. The lowest BCUT2D eigenvalue weighted by Gasteiger charge is -2.17. The number of aromatic nitrogens is 5. The van der Waals surface area contributed by atoms with Crippen LogP contribution in [0.15, 0.2) is 200 Å². The third-order valence-electron chi connectivity index (χ3n) is 13.8. The van der Waals surface area contributed by atoms with E-state index in [1.807, 2.05) is 0 Å². The molecule has 0 saturated heterocycles. The number of fused-ring (bicyclic) bond motifs is 9. The Labute approximate surface area is 388 Å². The van der Waals surface area contributed by atoms with Crippen molar-refractivity contribution >= 4 is 65.4 Å². The maximum absolute atomic E-state index is 5.29. The first kappa shape index (κ1) is 38.9. The molecule has 13 aromatic rings. The standard InChI is InChI=1S/C62H45N5/c1-38-21-25-42(26-22-38)53-37-54(64-62(63-53)43-27-23-39(2)24-28-43)61-40(3)33-46(34-41(61)4)67-59-31-29-44(65-55-17-9-5-13-47(55)48-14-6-10-18-56(48)65)35-51(59)52-36-45(30-32-60(52)67)66-57-19-11-7-15-49(57)50-16-8-12-20-58(50)66/h5-37H,1-4H3. The fraction of sp³-hybridized carbons (Fsp3) is 0.0645. The van der Waals surface area contributed by atoms with Gasteiger partial charge in [0.05, 0.1) is 44.5 Å². The summed E-state index contributed by atoms with van der Waals surface area (Å²) in [6.07, 6.45) is 0. The van der Waals surface area contributed by atoms with E-state index in [4.69, 9.17) is 9.97 Å². The SMILES string of the molecule is Cc1ccc(-c2cc(-c3c(C)cc(-n4c5ccc(-n6c7ccccc7c7ccccc76)cc5c5cc(-n6c7ccccc7c7ccccc76)ccc54)cc3C)nc(-c3ccc(C)cc3)n2)cc1. The zero-order valence-corrected chi connectivity index (χ0v) is 37.8. The Morgan fingerprint density at radius 2 is 0.672 bits per heavy atom. The Morgan fingerprint density at radius 3 is 1.12 bits per heavy atom. The third-order valence-corrected chi connectivity index (χ3v) is 13.8. The maximum atomic E-state index is 5.29. The summed E-state index contributed by atoms with van der Waals surface area (Å²) >= 11 is 0. The average Bonchev–Trinajstić information content (AvgIpc) is 3.99. The Bertz CT molecular complexity index is 3760. The Morgan fingerprint density at radius 1 is 0.299 bits per heavy atom. The summed E-state index contributed by atoms with van der Waals surface area (Å²) < 4.78 is 7.30. The highest BCUT2D eigenvalue weighted by molar-refractivity contribution is 6.14. The van der Waals surface area contributed by atoms with Gasteiger partial charge in [0.15, 0.2) is 5.82 Å². The minimum Gasteiger partial charge on any atom is -0.309 e. The van der Waals surface area contributed by atoms with Crippen molar-refractivity contribution in [1.82, 2.24) is 23.7 Å². The summed E-state index contributed by atoms with van der Waals surface area (Å²) in [5, 5.41) is 7.39. The minimum atomic E-state index is 0.719. The smallest absolute Gasteiger partial charge is 0.160 e. The van der Waals surface area contributed by atoms with Gasteiger partial charge in [0.25, 0.3) is 0 Å². The van der Waals surface area contributed by atoms with E-state index in [2.05, 4.69) is 242 Å². The number of hydrogen-bond donors (Lipinski definition) is 0. The van der Waals surface area contributed by atoms with Crippen molar-refractivity contribution in [2.45, 2.75) is 27.7 Å². The summed E-state index contributed by atoms with van der Waals surface area (Å²) in [4.78, 5) is 10.4. The van der Waals surface area contributed by atoms with Gasteiger partial charge < -0.3 is 13.7 Å². The van der Waals surface area contributed by atoms with E-state index in [0.29, 0.717) is 0 Å². The molecular weight excluding hydrogens is 815 g/mol. The van der Waals surface area contributed by atoms with E-state index in [-0.39, 0.29) is 0 Å². The highest BCUT2D eigenvalue weighted by Gasteiger charge is 2.21. The first-order valence-electron chi connectivity index (χ1n) is 23.1. The van der Waals surface area contributed by atoms with Crippen LogP contribution >= 0.6 is 0 Å². The fourth-order valence-electron chi connectivity index (χ4n) is 10.7. The van der Waals surface area contributed by atoms with Crippen molar-refractivity contribution in [3.8, 4) is 51.0 Å². The molecule has 0 bridgehead atoms. The quantitative estimate of drug-likeness (QED) is 0.167. The molecule has 0 aliphatic carbocycles. The first-order valence-corrected chi connectivity index (χ1v) is 23.1. The number of nitrogens with zero attached hydrogens (tertiary/aromatic N) is 5. The predicted molar refractivity (Wildman–Crippen MR) is 280 cm³/mol. The number of para-hydroxylation sites is 4. The second-order valence-corrected chi connectivity index (χ2v) is 18.1. The molecule has 0 aliphatic rings. The van der Waals surface area contributed by atoms with Crippen LogP contribution in [-0.4, -0.2) is 23.7 Å². The van der Waals surface area contributed by atoms with Crippen molar-refractivity contribution in [2.75, 3.05) is 0 Å². The molecule has 0 N–H and O–H groups in total. The molecular formula is C62H45N5. The maximum Gasteiger partial charge on any atom is 0.160 e. The number of hydrogen-bond acceptors (Lipinski definition) is 2. The highest BCUT2D eigenvalue weighted by atomic mass is 15.0. The normalized spacial score (nSPS) is 11.9. The lowest BCUT2D eigenvalue weighted by Crippen LogP contribution is -2.01. The second-order valence-electron chi connectivity index (χ2n) is 18.1. The molecule has 0 amide bonds. The van der Waals surface area contributed by atoms with Crippen molar-refractivity contribution in [2.24, 2.45) is 0 Å². The van der Waals surface area contributed by atoms with E-state index < -0.39 is 0 Å². The summed E-state index contributed by atoms with van der Waals surface area (Å²) in [6.45, 7) is 8.67. The van der Waals surface area contributed by atoms with Gasteiger partial charge in [0, 0.05) is 66.1 Å². The minimum absolute atomic E-state index is 0.719. The van der Waals surface area contributed by atoms with E-state index in [1.54, 1.807) is 0 Å². The Hall–Kier alpha value is -8.54. The van der Waals surface area contributed by atoms with Crippen LogP contribution in [0, 0.1) is 27.7 Å². The molecule has 0 fully saturated rings. The number of rotatable bonds is 6. The van der Waals surface area contributed by atoms with Gasteiger partial charge in [-0.05, 0) is 118 Å². The summed E-state index contributed by atoms with van der Waals surface area (Å²) in [6, 6.07) is 73.0. The molecule has 0 spiro atoms. The molecule has 5 heteroatoms. The molecule has 13 rings (SSSR count). The zero-order valence-electron chi connectivity index (χ0n) is 37.8. The topological polar surface area (TPSA) is 40.6 Å². The summed E-state index contributed by atoms with van der Waals surface area (Å²) in [5.41, 5.74) is 20.2. The monoisotopic (exact) mass is 859 g/mol. The van der Waals surface area contributed by atoms with Crippen LogP contribution in [0.4, 0.5) is 0 Å². The van der Waals surface area contributed by atoms with E-state index in [0.717, 1.165) is 73.1 Å². The van der Waals surface area contributed by atoms with Crippen molar-refractivity contribution in [3.05, 3.63) is 222 Å². The average molecular weight is 860 g/mol. The van der Waals surface area contributed by atoms with Crippen molar-refractivity contribution in [3.63, 3.8) is 0 Å². The Kier molecular flexibility index (Phi) is 8.71. The molecule has 0 atom stereocenters. The summed E-state index contributed by atoms with van der Waals surface area (Å²) in [5.74, 6) is 0.719. The fourth-order valence-corrected chi connectivity index (χ4v) is 10.7. The van der Waals surface area contributed by atoms with E-state index >= 15 is 0 Å². The van der Waals surface area contributed by atoms with Gasteiger partial charge in [0.1, 0.15) is 0 Å². The molecule has 318 valence electrons. The summed E-state index contributed by atoms with van der Waals surface area (Å²) in [7, 11) is 0. The largest absolute Gasteiger partial charge is 0.309 e. The van der Waals surface area contributed by atoms with Crippen LogP contribution in [0.2, 0.25) is 0 Å². The molecule has 5 nitrogen and oxygen atoms in total. The van der Waals surface area contributed by atoms with Gasteiger partial charge in [-0.3, -0.25) is 0 Å². The first-order chi connectivity index (χ1) is 32.9. The van der Waals surface area contributed by atoms with Gasteiger partial charge in [0.2, 0.25) is 0 Å². The van der Waals surface area contributed by atoms with Gasteiger partial charge >= 0.3 is 0 Å². The number of benzene rings is 9. The molecule has 9 aromatic carbocycles. The molecule has 0 radical (unpaired) electrons. The Balaban J connectivity index is 1.04. The molecule has 0 aliphatic heterocycles. The van der Waals surface area contributed by atoms with Crippen LogP contribution in [0.25, 0.3) is 116 Å². The van der Waals surface area contributed by atoms with Gasteiger partial charge in [-0.1, -0.05) is 132 Å². The third kappa shape index (κ3) is 6.15. The molecule has 0 unspecified atom stereocenters. The predicted octanol–water partition coefficient (Wildman–Crippen LogP) is 16.0. The lowest BCUT2D eigenvalue weighted by atomic mass is 9.97. The van der Waals surface area contributed by atoms with Crippen molar-refractivity contribution in [1.29, 1.82) is 0 Å². The van der Waals surface area contributed by atoms with Crippen LogP contribution < -0.4 is 0 Å². The van der Waals surface area contributed by atoms with Crippen LogP contribution in [0.3, 0.4) is 0 Å². The molecule has 4 aromatic heterocycles. The molecule has 0 saturated carbocycles. The molecule has 4 heterocycles. The van der Waals surface area contributed by atoms with Crippen molar-refractivity contribution < 1.29 is 0 Å². The zero-order chi connectivity index (χ0) is 44.9. The van der Waals surface area contributed by atoms with E-state index in [9.17, 15) is 0 Å². The van der Waals surface area contributed by atoms with Gasteiger partial charge in [-0.2, -0.15) is 0 Å². The molecule has 67 heavy (non-hydrogen) atoms. The second kappa shape index (κ2) is 15.0. The van der Waals surface area contributed by atoms with E-state index in [1.165, 1.54) is 65.5 Å².